The number of ether oxygens (including phenoxy) is 1. The van der Waals surface area contributed by atoms with Crippen molar-refractivity contribution in [3.8, 4) is 0 Å². The summed E-state index contributed by atoms with van der Waals surface area (Å²) in [6.07, 6.45) is 1.79. The Morgan fingerprint density at radius 1 is 1.36 bits per heavy atom. The standard InChI is InChI=1S/C17H24FNO3/c1-16(2,3)22-15(20)19-14-7-9-17(21,10-8-14)12-5-4-6-13(18)11-12/h4-6,11,14,21H,7-10H2,1-3H3,(H,19,20). The molecule has 1 fully saturated rings. The van der Waals surface area contributed by atoms with Crippen LogP contribution in [0, 0.1) is 5.82 Å². The molecule has 1 aliphatic carbocycles. The van der Waals surface area contributed by atoms with E-state index in [1.54, 1.807) is 12.1 Å². The average molecular weight is 309 g/mol. The maximum Gasteiger partial charge on any atom is 0.407 e. The van der Waals surface area contributed by atoms with Crippen LogP contribution < -0.4 is 5.32 Å². The van der Waals surface area contributed by atoms with E-state index in [-0.39, 0.29) is 11.9 Å². The molecule has 1 saturated carbocycles. The first-order valence-corrected chi connectivity index (χ1v) is 7.66. The molecule has 0 bridgehead atoms. The Morgan fingerprint density at radius 2 is 2.00 bits per heavy atom. The van der Waals surface area contributed by atoms with Crippen molar-refractivity contribution in [2.24, 2.45) is 0 Å². The third-order valence-electron chi connectivity index (χ3n) is 3.90. The molecule has 2 rings (SSSR count). The number of aliphatic hydroxyl groups is 1. The van der Waals surface area contributed by atoms with E-state index in [1.165, 1.54) is 12.1 Å². The summed E-state index contributed by atoms with van der Waals surface area (Å²) in [7, 11) is 0. The summed E-state index contributed by atoms with van der Waals surface area (Å²) >= 11 is 0. The van der Waals surface area contributed by atoms with Gasteiger partial charge in [-0.25, -0.2) is 9.18 Å². The maximum atomic E-state index is 13.3. The Kier molecular flexibility index (Phi) is 4.75. The fraction of sp³-hybridized carbons (Fsp3) is 0.588. The van der Waals surface area contributed by atoms with Gasteiger partial charge < -0.3 is 15.2 Å². The zero-order valence-corrected chi connectivity index (χ0v) is 13.4. The van der Waals surface area contributed by atoms with Crippen LogP contribution in [-0.4, -0.2) is 22.8 Å². The minimum atomic E-state index is -1.02. The first-order chi connectivity index (χ1) is 10.2. The zero-order chi connectivity index (χ0) is 16.4. The number of benzene rings is 1. The van der Waals surface area contributed by atoms with Crippen molar-refractivity contribution in [2.75, 3.05) is 0 Å². The minimum Gasteiger partial charge on any atom is -0.444 e. The van der Waals surface area contributed by atoms with Crippen LogP contribution in [-0.2, 0) is 10.3 Å². The second-order valence-electron chi connectivity index (χ2n) is 6.96. The van der Waals surface area contributed by atoms with Crippen molar-refractivity contribution in [3.05, 3.63) is 35.6 Å². The molecule has 5 heteroatoms. The van der Waals surface area contributed by atoms with E-state index in [0.717, 1.165) is 0 Å². The molecule has 122 valence electrons. The number of halogens is 1. The second kappa shape index (κ2) is 6.24. The Labute approximate surface area is 130 Å². The normalized spacial score (nSPS) is 25.6. The highest BCUT2D eigenvalue weighted by Gasteiger charge is 2.35. The van der Waals surface area contributed by atoms with Crippen molar-refractivity contribution >= 4 is 6.09 Å². The number of alkyl carbamates (subject to hydrolysis) is 1. The number of carbonyl (C=O) groups is 1. The van der Waals surface area contributed by atoms with E-state index < -0.39 is 17.3 Å². The van der Waals surface area contributed by atoms with Crippen molar-refractivity contribution in [3.63, 3.8) is 0 Å². The quantitative estimate of drug-likeness (QED) is 0.879. The third-order valence-corrected chi connectivity index (χ3v) is 3.90. The zero-order valence-electron chi connectivity index (χ0n) is 13.4. The molecule has 1 aromatic rings. The predicted octanol–water partition coefficient (Wildman–Crippen LogP) is 3.48. The molecule has 0 saturated heterocycles. The summed E-state index contributed by atoms with van der Waals surface area (Å²) in [5, 5.41) is 13.5. The molecule has 0 spiro atoms. The number of carbonyl (C=O) groups excluding carboxylic acids is 1. The fourth-order valence-corrected chi connectivity index (χ4v) is 2.78. The molecule has 0 aromatic heterocycles. The van der Waals surface area contributed by atoms with Gasteiger partial charge in [-0.05, 0) is 64.2 Å². The number of amides is 1. The number of hydrogen-bond donors (Lipinski definition) is 2. The van der Waals surface area contributed by atoms with Gasteiger partial charge in [-0.1, -0.05) is 12.1 Å². The van der Waals surface area contributed by atoms with Crippen LogP contribution in [0.2, 0.25) is 0 Å². The third kappa shape index (κ3) is 4.44. The lowest BCUT2D eigenvalue weighted by atomic mass is 9.78. The number of nitrogens with one attached hydrogen (secondary N) is 1. The van der Waals surface area contributed by atoms with Gasteiger partial charge in [-0.2, -0.15) is 0 Å². The van der Waals surface area contributed by atoms with E-state index in [1.807, 2.05) is 20.8 Å². The van der Waals surface area contributed by atoms with Gasteiger partial charge in [-0.15, -0.1) is 0 Å². The largest absolute Gasteiger partial charge is 0.444 e. The number of rotatable bonds is 2. The van der Waals surface area contributed by atoms with Gasteiger partial charge in [0, 0.05) is 6.04 Å². The lowest BCUT2D eigenvalue weighted by Crippen LogP contribution is -2.44. The van der Waals surface area contributed by atoms with Crippen molar-refractivity contribution in [1.29, 1.82) is 0 Å². The minimum absolute atomic E-state index is 0.0244. The summed E-state index contributed by atoms with van der Waals surface area (Å²) in [5.74, 6) is -0.347. The second-order valence-corrected chi connectivity index (χ2v) is 6.96. The molecule has 4 nitrogen and oxygen atoms in total. The molecular formula is C17H24FNO3. The Morgan fingerprint density at radius 3 is 2.55 bits per heavy atom. The van der Waals surface area contributed by atoms with Crippen molar-refractivity contribution in [1.82, 2.24) is 5.32 Å². The molecule has 1 aromatic carbocycles. The van der Waals surface area contributed by atoms with Crippen LogP contribution in [0.3, 0.4) is 0 Å². The highest BCUT2D eigenvalue weighted by molar-refractivity contribution is 5.68. The lowest BCUT2D eigenvalue weighted by Gasteiger charge is -2.36. The van der Waals surface area contributed by atoms with Crippen LogP contribution >= 0.6 is 0 Å². The lowest BCUT2D eigenvalue weighted by molar-refractivity contribution is -0.0109. The van der Waals surface area contributed by atoms with Gasteiger partial charge in [0.25, 0.3) is 0 Å². The summed E-state index contributed by atoms with van der Waals surface area (Å²) in [6, 6.07) is 6.06. The summed E-state index contributed by atoms with van der Waals surface area (Å²) in [5.41, 5.74) is -0.946. The molecule has 0 atom stereocenters. The van der Waals surface area contributed by atoms with E-state index >= 15 is 0 Å². The van der Waals surface area contributed by atoms with Crippen LogP contribution in [0.15, 0.2) is 24.3 Å². The van der Waals surface area contributed by atoms with Gasteiger partial charge in [0.05, 0.1) is 5.60 Å². The Balaban J connectivity index is 1.91. The van der Waals surface area contributed by atoms with Gasteiger partial charge in [0.15, 0.2) is 0 Å². The highest BCUT2D eigenvalue weighted by Crippen LogP contribution is 2.37. The first kappa shape index (κ1) is 16.7. The molecular weight excluding hydrogens is 285 g/mol. The summed E-state index contributed by atoms with van der Waals surface area (Å²) in [4.78, 5) is 11.8. The molecule has 1 amide bonds. The molecule has 0 heterocycles. The molecule has 2 N–H and O–H groups in total. The monoisotopic (exact) mass is 309 g/mol. The molecule has 22 heavy (non-hydrogen) atoms. The van der Waals surface area contributed by atoms with Gasteiger partial charge in [-0.3, -0.25) is 0 Å². The maximum absolute atomic E-state index is 13.3. The highest BCUT2D eigenvalue weighted by atomic mass is 19.1. The predicted molar refractivity (Wildman–Crippen MR) is 81.9 cm³/mol. The van der Waals surface area contributed by atoms with E-state index in [4.69, 9.17) is 4.74 Å². The summed E-state index contributed by atoms with van der Waals surface area (Å²) < 4.78 is 18.5. The smallest absolute Gasteiger partial charge is 0.407 e. The Bertz CT molecular complexity index is 531. The van der Waals surface area contributed by atoms with E-state index in [9.17, 15) is 14.3 Å². The van der Waals surface area contributed by atoms with Crippen LogP contribution in [0.1, 0.15) is 52.0 Å². The van der Waals surface area contributed by atoms with E-state index in [2.05, 4.69) is 5.32 Å². The van der Waals surface area contributed by atoms with Crippen LogP contribution in [0.25, 0.3) is 0 Å². The van der Waals surface area contributed by atoms with E-state index in [0.29, 0.717) is 31.2 Å². The average Bonchev–Trinajstić information content (AvgIpc) is 2.39. The van der Waals surface area contributed by atoms with Gasteiger partial charge in [0.1, 0.15) is 11.4 Å². The molecule has 0 radical (unpaired) electrons. The SMILES string of the molecule is CC(C)(C)OC(=O)NC1CCC(O)(c2cccc(F)c2)CC1. The summed E-state index contributed by atoms with van der Waals surface area (Å²) in [6.45, 7) is 5.45. The molecule has 0 unspecified atom stereocenters. The van der Waals surface area contributed by atoms with Gasteiger partial charge in [0.2, 0.25) is 0 Å². The molecule has 1 aliphatic rings. The fourth-order valence-electron chi connectivity index (χ4n) is 2.78. The molecule has 0 aliphatic heterocycles. The first-order valence-electron chi connectivity index (χ1n) is 7.66. The van der Waals surface area contributed by atoms with Crippen LogP contribution in [0.4, 0.5) is 9.18 Å². The van der Waals surface area contributed by atoms with Crippen molar-refractivity contribution < 1.29 is 19.0 Å². The Hall–Kier alpha value is -1.62. The number of hydrogen-bond acceptors (Lipinski definition) is 3. The van der Waals surface area contributed by atoms with Crippen molar-refractivity contribution in [2.45, 2.75) is 63.7 Å². The van der Waals surface area contributed by atoms with Crippen LogP contribution in [0.5, 0.6) is 0 Å². The topological polar surface area (TPSA) is 58.6 Å². The van der Waals surface area contributed by atoms with Gasteiger partial charge >= 0.3 is 6.09 Å².